The average molecular weight is 214 g/mol. The van der Waals surface area contributed by atoms with Crippen molar-refractivity contribution in [2.45, 2.75) is 38.3 Å². The number of nitrogens with zero attached hydrogens (tertiary/aromatic N) is 1. The fraction of sp³-hybridized carbons (Fsp3) is 1.00. The van der Waals surface area contributed by atoms with E-state index in [0.29, 0.717) is 0 Å². The van der Waals surface area contributed by atoms with Crippen LogP contribution in [0.25, 0.3) is 0 Å². The van der Waals surface area contributed by atoms with Crippen molar-refractivity contribution in [3.8, 4) is 0 Å². The van der Waals surface area contributed by atoms with E-state index in [0.717, 1.165) is 12.1 Å². The molecule has 2 saturated heterocycles. The topological polar surface area (TPSA) is 15.3 Å². The van der Waals surface area contributed by atoms with Crippen molar-refractivity contribution < 1.29 is 0 Å². The molecule has 0 aliphatic carbocycles. The van der Waals surface area contributed by atoms with E-state index in [1.165, 1.54) is 50.4 Å². The molecule has 0 saturated carbocycles. The minimum absolute atomic E-state index is 0.763. The van der Waals surface area contributed by atoms with Gasteiger partial charge in [0.05, 0.1) is 0 Å². The van der Waals surface area contributed by atoms with Crippen LogP contribution in [-0.4, -0.2) is 48.1 Å². The smallest absolute Gasteiger partial charge is 0.0195 e. The summed E-state index contributed by atoms with van der Waals surface area (Å²) in [6, 6.07) is 1.65. The van der Waals surface area contributed by atoms with Gasteiger partial charge < -0.3 is 5.32 Å². The first-order chi connectivity index (χ1) is 6.90. The van der Waals surface area contributed by atoms with E-state index in [2.05, 4.69) is 28.9 Å². The predicted octanol–water partition coefficient (Wildman–Crippen LogP) is 1.57. The third kappa shape index (κ3) is 2.65. The Labute approximate surface area is 91.8 Å². The van der Waals surface area contributed by atoms with Gasteiger partial charge in [-0.1, -0.05) is 13.3 Å². The zero-order valence-electron chi connectivity index (χ0n) is 9.17. The molecule has 2 atom stereocenters. The zero-order valence-corrected chi connectivity index (χ0v) is 9.98. The van der Waals surface area contributed by atoms with Gasteiger partial charge in [0.1, 0.15) is 0 Å². The summed E-state index contributed by atoms with van der Waals surface area (Å²) in [5.74, 6) is 2.76. The standard InChI is InChI=1S/C11H22N2S/c1-2-3-10-8-13(6-5-12-10)11-4-7-14-9-11/h10-12H,2-9H2,1H3. The Morgan fingerprint density at radius 2 is 2.43 bits per heavy atom. The first-order valence-electron chi connectivity index (χ1n) is 5.95. The van der Waals surface area contributed by atoms with E-state index in [-0.39, 0.29) is 0 Å². The van der Waals surface area contributed by atoms with Gasteiger partial charge >= 0.3 is 0 Å². The number of piperazine rings is 1. The number of nitrogens with one attached hydrogen (secondary N) is 1. The van der Waals surface area contributed by atoms with Gasteiger partial charge in [-0.05, 0) is 18.6 Å². The molecular weight excluding hydrogens is 192 g/mol. The van der Waals surface area contributed by atoms with Crippen LogP contribution in [0.15, 0.2) is 0 Å². The fourth-order valence-corrected chi connectivity index (χ4v) is 3.79. The van der Waals surface area contributed by atoms with Crippen LogP contribution in [0.5, 0.6) is 0 Å². The van der Waals surface area contributed by atoms with Gasteiger partial charge in [0.2, 0.25) is 0 Å². The maximum atomic E-state index is 3.62. The lowest BCUT2D eigenvalue weighted by molar-refractivity contribution is 0.151. The molecule has 2 aliphatic rings. The molecule has 2 heterocycles. The largest absolute Gasteiger partial charge is 0.311 e. The summed E-state index contributed by atoms with van der Waals surface area (Å²) >= 11 is 2.13. The Morgan fingerprint density at radius 3 is 3.14 bits per heavy atom. The predicted molar refractivity (Wildman–Crippen MR) is 64.0 cm³/mol. The normalized spacial score (nSPS) is 34.9. The molecule has 2 fully saturated rings. The van der Waals surface area contributed by atoms with E-state index < -0.39 is 0 Å². The number of hydrogen-bond donors (Lipinski definition) is 1. The molecule has 14 heavy (non-hydrogen) atoms. The molecule has 1 N–H and O–H groups in total. The third-order valence-electron chi connectivity index (χ3n) is 3.35. The van der Waals surface area contributed by atoms with Crippen LogP contribution in [0.4, 0.5) is 0 Å². The van der Waals surface area contributed by atoms with Gasteiger partial charge in [0, 0.05) is 37.5 Å². The van der Waals surface area contributed by atoms with Gasteiger partial charge in [-0.2, -0.15) is 11.8 Å². The minimum Gasteiger partial charge on any atom is -0.311 e. The monoisotopic (exact) mass is 214 g/mol. The van der Waals surface area contributed by atoms with Crippen molar-refractivity contribution in [3.05, 3.63) is 0 Å². The van der Waals surface area contributed by atoms with Crippen LogP contribution in [-0.2, 0) is 0 Å². The SMILES string of the molecule is CCCC1CN(C2CCSC2)CCN1. The van der Waals surface area contributed by atoms with Crippen molar-refractivity contribution >= 4 is 11.8 Å². The highest BCUT2D eigenvalue weighted by Gasteiger charge is 2.27. The summed E-state index contributed by atoms with van der Waals surface area (Å²) in [5.41, 5.74) is 0. The van der Waals surface area contributed by atoms with Crippen LogP contribution < -0.4 is 5.32 Å². The highest BCUT2D eigenvalue weighted by atomic mass is 32.2. The molecule has 2 rings (SSSR count). The quantitative estimate of drug-likeness (QED) is 0.768. The Hall–Kier alpha value is 0.270. The lowest BCUT2D eigenvalue weighted by Gasteiger charge is -2.37. The van der Waals surface area contributed by atoms with Gasteiger partial charge in [-0.3, -0.25) is 4.90 Å². The third-order valence-corrected chi connectivity index (χ3v) is 4.49. The van der Waals surface area contributed by atoms with Crippen LogP contribution in [0, 0.1) is 0 Å². The lowest BCUT2D eigenvalue weighted by Crippen LogP contribution is -2.53. The van der Waals surface area contributed by atoms with Crippen LogP contribution in [0.1, 0.15) is 26.2 Å². The van der Waals surface area contributed by atoms with Crippen LogP contribution >= 0.6 is 11.8 Å². The van der Waals surface area contributed by atoms with Gasteiger partial charge in [-0.25, -0.2) is 0 Å². The summed E-state index contributed by atoms with van der Waals surface area (Å²) in [6.45, 7) is 6.04. The molecule has 2 unspecified atom stereocenters. The summed E-state index contributed by atoms with van der Waals surface area (Å²) in [7, 11) is 0. The first kappa shape index (κ1) is 10.8. The molecule has 0 aromatic carbocycles. The van der Waals surface area contributed by atoms with Gasteiger partial charge in [0.15, 0.2) is 0 Å². The fourth-order valence-electron chi connectivity index (χ4n) is 2.53. The highest BCUT2D eigenvalue weighted by Crippen LogP contribution is 2.23. The molecule has 82 valence electrons. The summed E-state index contributed by atoms with van der Waals surface area (Å²) in [6.07, 6.45) is 4.07. The average Bonchev–Trinajstić information content (AvgIpc) is 2.71. The molecule has 0 aromatic rings. The second kappa shape index (κ2) is 5.38. The Morgan fingerprint density at radius 1 is 1.50 bits per heavy atom. The molecule has 2 aliphatic heterocycles. The Balaban J connectivity index is 1.80. The van der Waals surface area contributed by atoms with Crippen molar-refractivity contribution in [3.63, 3.8) is 0 Å². The second-order valence-corrected chi connectivity index (χ2v) is 5.60. The summed E-state index contributed by atoms with van der Waals surface area (Å²) in [5, 5.41) is 3.62. The Kier molecular flexibility index (Phi) is 4.14. The minimum atomic E-state index is 0.763. The van der Waals surface area contributed by atoms with Crippen molar-refractivity contribution in [1.82, 2.24) is 10.2 Å². The van der Waals surface area contributed by atoms with E-state index in [1.807, 2.05) is 0 Å². The zero-order chi connectivity index (χ0) is 9.80. The molecule has 3 heteroatoms. The molecular formula is C11H22N2S. The molecule has 0 aromatic heterocycles. The number of thioether (sulfide) groups is 1. The maximum Gasteiger partial charge on any atom is 0.0195 e. The number of rotatable bonds is 3. The number of hydrogen-bond acceptors (Lipinski definition) is 3. The van der Waals surface area contributed by atoms with Crippen molar-refractivity contribution in [1.29, 1.82) is 0 Å². The first-order valence-corrected chi connectivity index (χ1v) is 7.11. The van der Waals surface area contributed by atoms with E-state index in [1.54, 1.807) is 0 Å². The van der Waals surface area contributed by atoms with Gasteiger partial charge in [-0.15, -0.1) is 0 Å². The molecule has 0 spiro atoms. The summed E-state index contributed by atoms with van der Waals surface area (Å²) < 4.78 is 0. The van der Waals surface area contributed by atoms with E-state index in [4.69, 9.17) is 0 Å². The molecule has 0 bridgehead atoms. The van der Waals surface area contributed by atoms with Gasteiger partial charge in [0.25, 0.3) is 0 Å². The maximum absolute atomic E-state index is 3.62. The molecule has 2 nitrogen and oxygen atoms in total. The summed E-state index contributed by atoms with van der Waals surface area (Å²) in [4.78, 5) is 2.72. The van der Waals surface area contributed by atoms with Crippen LogP contribution in [0.2, 0.25) is 0 Å². The Bertz CT molecular complexity index is 167. The molecule has 0 amide bonds. The molecule has 0 radical (unpaired) electrons. The lowest BCUT2D eigenvalue weighted by atomic mass is 10.1. The van der Waals surface area contributed by atoms with Crippen LogP contribution in [0.3, 0.4) is 0 Å². The van der Waals surface area contributed by atoms with E-state index in [9.17, 15) is 0 Å². The second-order valence-electron chi connectivity index (χ2n) is 4.45. The van der Waals surface area contributed by atoms with Crippen molar-refractivity contribution in [2.24, 2.45) is 0 Å². The van der Waals surface area contributed by atoms with E-state index >= 15 is 0 Å². The van der Waals surface area contributed by atoms with Crippen molar-refractivity contribution in [2.75, 3.05) is 31.1 Å². The highest BCUT2D eigenvalue weighted by molar-refractivity contribution is 7.99.